The second-order valence-electron chi connectivity index (χ2n) is 0. The van der Waals surface area contributed by atoms with Crippen molar-refractivity contribution in [2.75, 3.05) is 0 Å². The number of rotatable bonds is 0. The second kappa shape index (κ2) is 16.7. The molecule has 0 bridgehead atoms. The van der Waals surface area contributed by atoms with Crippen molar-refractivity contribution < 1.29 is 98.5 Å². The molecule has 4 heteroatoms. The molecule has 0 fully saturated rings. The van der Waals surface area contributed by atoms with Crippen molar-refractivity contribution in [3.05, 3.63) is 0 Å². The molecule has 0 unspecified atom stereocenters. The van der Waals surface area contributed by atoms with Crippen molar-refractivity contribution in [2.24, 2.45) is 0 Å². The minimum Gasteiger partial charge on any atom is -1.00 e. The Bertz CT molecular complexity index is 11.6. The minimum atomic E-state index is 0. The van der Waals surface area contributed by atoms with Crippen molar-refractivity contribution in [1.29, 1.82) is 0 Å². The zero-order chi connectivity index (χ0) is 0. The van der Waals surface area contributed by atoms with Gasteiger partial charge in [-0.3, -0.25) is 4.70 Å². The SMILES string of the molecule is F.[H-].[Li+].[Nd].[Y]. The maximum atomic E-state index is 0. The zero-order valence-corrected chi connectivity index (χ0v) is 8.53. The molecule has 0 saturated heterocycles. The third-order valence-corrected chi connectivity index (χ3v) is 0. The Labute approximate surface area is 96.3 Å². The molecule has 0 aliphatic heterocycles. The summed E-state index contributed by atoms with van der Waals surface area (Å²) in [6.07, 6.45) is 0. The van der Waals surface area contributed by atoms with E-state index in [0.29, 0.717) is 0 Å². The molecule has 0 saturated carbocycles. The second-order valence-corrected chi connectivity index (χ2v) is 0. The van der Waals surface area contributed by atoms with Gasteiger partial charge in [-0.25, -0.2) is 0 Å². The minimum absolute atomic E-state index is 0. The van der Waals surface area contributed by atoms with Crippen molar-refractivity contribution in [1.82, 2.24) is 0 Å². The fourth-order valence-electron chi connectivity index (χ4n) is 0. The molecule has 0 aliphatic rings. The van der Waals surface area contributed by atoms with Gasteiger partial charge in [0.05, 0.1) is 0 Å². The van der Waals surface area contributed by atoms with Gasteiger partial charge in [0.25, 0.3) is 0 Å². The van der Waals surface area contributed by atoms with Crippen molar-refractivity contribution in [3.63, 3.8) is 0 Å². The molecule has 0 aliphatic carbocycles. The largest absolute Gasteiger partial charge is 1.00 e. The third-order valence-electron chi connectivity index (χ3n) is 0. The van der Waals surface area contributed by atoms with E-state index >= 15 is 0 Å². The summed E-state index contributed by atoms with van der Waals surface area (Å²) >= 11 is 0. The van der Waals surface area contributed by atoms with Crippen LogP contribution in [0.2, 0.25) is 0 Å². The summed E-state index contributed by atoms with van der Waals surface area (Å²) in [5.41, 5.74) is 0. The van der Waals surface area contributed by atoms with E-state index in [1.165, 1.54) is 0 Å². The van der Waals surface area contributed by atoms with E-state index in [1.807, 2.05) is 0 Å². The van der Waals surface area contributed by atoms with Gasteiger partial charge in [0.15, 0.2) is 0 Å². The maximum Gasteiger partial charge on any atom is 1.00 e. The standard InChI is InChI=1S/FH.Li.Nd.Y.H/h1H;;;;/q;+1;;;-1. The predicted molar refractivity (Wildman–Crippen MR) is 3.62 cm³/mol. The Kier molecular flexibility index (Phi) is 117. The Hall–Kier alpha value is 2.98. The summed E-state index contributed by atoms with van der Waals surface area (Å²) in [6, 6.07) is 0. The van der Waals surface area contributed by atoms with E-state index in [0.717, 1.165) is 0 Å². The molecule has 17 valence electrons. The molecular formula is H2FLiNdY. The third kappa shape index (κ3) is 8.88. The quantitative estimate of drug-likeness (QED) is 0.415. The molecule has 0 spiro atoms. The van der Waals surface area contributed by atoms with Gasteiger partial charge in [0.1, 0.15) is 0 Å². The average Bonchev–Trinajstić information content (AvgIpc) is 0. The van der Waals surface area contributed by atoms with E-state index in [1.54, 1.807) is 0 Å². The number of halogens is 1. The van der Waals surface area contributed by atoms with E-state index < -0.39 is 0 Å². The van der Waals surface area contributed by atoms with Gasteiger partial charge in [0.2, 0.25) is 0 Å². The average molecular weight is 261 g/mol. The number of hydrogen-bond donors (Lipinski definition) is 0. The summed E-state index contributed by atoms with van der Waals surface area (Å²) in [4.78, 5) is 0. The van der Waals surface area contributed by atoms with Gasteiger partial charge in [-0.05, 0) is 0 Å². The topological polar surface area (TPSA) is 0 Å². The zero-order valence-electron chi connectivity index (χ0n) is 3.49. The summed E-state index contributed by atoms with van der Waals surface area (Å²) in [5.74, 6) is 0. The Morgan fingerprint density at radius 3 is 1.25 bits per heavy atom. The summed E-state index contributed by atoms with van der Waals surface area (Å²) in [5, 5.41) is 0. The van der Waals surface area contributed by atoms with Crippen LogP contribution >= 0.6 is 0 Å². The Morgan fingerprint density at radius 1 is 1.25 bits per heavy atom. The first-order valence-electron chi connectivity index (χ1n) is 0. The Balaban J connectivity index is 0. The van der Waals surface area contributed by atoms with E-state index in [2.05, 4.69) is 0 Å². The molecule has 0 atom stereocenters. The molecule has 0 aromatic heterocycles. The molecule has 1 radical (unpaired) electrons. The van der Waals surface area contributed by atoms with Crippen molar-refractivity contribution in [2.45, 2.75) is 0 Å². The molecule has 4 heavy (non-hydrogen) atoms. The molecule has 0 heterocycles. The smallest absolute Gasteiger partial charge is 1.00 e. The van der Waals surface area contributed by atoms with E-state index in [4.69, 9.17) is 0 Å². The van der Waals surface area contributed by atoms with Crippen LogP contribution in [0.3, 0.4) is 0 Å². The van der Waals surface area contributed by atoms with E-state index in [9.17, 15) is 0 Å². The van der Waals surface area contributed by atoms with Crippen LogP contribution < -0.4 is 18.9 Å². The van der Waals surface area contributed by atoms with Crippen LogP contribution in [0, 0.1) is 40.8 Å². The molecule has 0 rings (SSSR count). The normalized spacial score (nSPS) is 0. The molecule has 0 amide bonds. The molecular weight excluding hydrogens is 259 g/mol. The summed E-state index contributed by atoms with van der Waals surface area (Å²) < 4.78 is 0. The molecule has 0 nitrogen and oxygen atoms in total. The van der Waals surface area contributed by atoms with Crippen LogP contribution in [0.1, 0.15) is 1.43 Å². The Morgan fingerprint density at radius 2 is 1.25 bits per heavy atom. The molecule has 0 aromatic carbocycles. The van der Waals surface area contributed by atoms with Gasteiger partial charge < -0.3 is 1.43 Å². The fraction of sp³-hybridized carbons (Fsp3) is 0. The number of hydrogen-bond acceptors (Lipinski definition) is 0. The molecule has 0 aromatic rings. The van der Waals surface area contributed by atoms with Gasteiger partial charge in [-0.15, -0.1) is 0 Å². The van der Waals surface area contributed by atoms with Gasteiger partial charge in [-0.1, -0.05) is 0 Å². The first-order valence-corrected chi connectivity index (χ1v) is 0. The summed E-state index contributed by atoms with van der Waals surface area (Å²) in [7, 11) is 0. The van der Waals surface area contributed by atoms with Crippen molar-refractivity contribution >= 4 is 0 Å². The first kappa shape index (κ1) is 28.1. The maximum absolute atomic E-state index is 0. The van der Waals surface area contributed by atoms with Crippen LogP contribution in [0.25, 0.3) is 0 Å². The van der Waals surface area contributed by atoms with Gasteiger partial charge >= 0.3 is 18.9 Å². The van der Waals surface area contributed by atoms with Crippen LogP contribution in [0.4, 0.5) is 4.70 Å². The molecule has 0 N–H and O–H groups in total. The van der Waals surface area contributed by atoms with Crippen molar-refractivity contribution in [3.8, 4) is 0 Å². The van der Waals surface area contributed by atoms with Gasteiger partial charge in [-0.2, -0.15) is 0 Å². The van der Waals surface area contributed by atoms with Crippen LogP contribution in [0.15, 0.2) is 0 Å². The fourth-order valence-corrected chi connectivity index (χ4v) is 0. The van der Waals surface area contributed by atoms with Gasteiger partial charge in [0, 0.05) is 73.5 Å². The van der Waals surface area contributed by atoms with E-state index in [-0.39, 0.29) is 98.5 Å². The van der Waals surface area contributed by atoms with Crippen LogP contribution in [-0.2, 0) is 32.7 Å². The summed E-state index contributed by atoms with van der Waals surface area (Å²) in [6.45, 7) is 0. The monoisotopic (exact) mass is 259 g/mol. The first-order chi connectivity index (χ1) is 0. The van der Waals surface area contributed by atoms with Crippen LogP contribution in [0.5, 0.6) is 0 Å². The van der Waals surface area contributed by atoms with Crippen LogP contribution in [-0.4, -0.2) is 0 Å². The predicted octanol–water partition coefficient (Wildman–Crippen LogP) is -2.73.